The molecule has 3 heterocycles. The van der Waals surface area contributed by atoms with Crippen LogP contribution in [0.15, 0.2) is 28.8 Å². The van der Waals surface area contributed by atoms with Crippen LogP contribution in [-0.4, -0.2) is 66.8 Å². The number of likely N-dealkylation sites (tertiary alicyclic amines) is 1. The van der Waals surface area contributed by atoms with Crippen molar-refractivity contribution in [3.05, 3.63) is 24.3 Å². The molecule has 2 atom stereocenters. The van der Waals surface area contributed by atoms with Crippen LogP contribution in [-0.2, 0) is 4.79 Å². The van der Waals surface area contributed by atoms with E-state index >= 15 is 0 Å². The summed E-state index contributed by atoms with van der Waals surface area (Å²) in [5.41, 5.74) is 0.869. The minimum Gasteiger partial charge on any atom is -0.497 e. The lowest BCUT2D eigenvalue weighted by atomic mass is 9.97. The number of benzene rings is 1. The van der Waals surface area contributed by atoms with E-state index in [1.807, 2.05) is 29.2 Å². The van der Waals surface area contributed by atoms with Gasteiger partial charge in [-0.05, 0) is 63.4 Å². The van der Waals surface area contributed by atoms with E-state index in [1.54, 1.807) is 7.11 Å². The Balaban J connectivity index is 1.29. The maximum absolute atomic E-state index is 12.8. The third-order valence-corrected chi connectivity index (χ3v) is 6.47. The molecule has 2 aromatic rings. The summed E-state index contributed by atoms with van der Waals surface area (Å²) in [4.78, 5) is 21.8. The summed E-state index contributed by atoms with van der Waals surface area (Å²) >= 11 is 0. The summed E-state index contributed by atoms with van der Waals surface area (Å²) in [6, 6.07) is 8.65. The highest BCUT2D eigenvalue weighted by Crippen LogP contribution is 2.26. The first-order valence-corrected chi connectivity index (χ1v) is 11.4. The zero-order chi connectivity index (χ0) is 21.6. The molecule has 2 saturated heterocycles. The monoisotopic (exact) mass is 427 g/mol. The average Bonchev–Trinajstić information content (AvgIpc) is 3.31. The van der Waals surface area contributed by atoms with Crippen LogP contribution in [0.5, 0.6) is 5.75 Å². The molecule has 2 fully saturated rings. The minimum atomic E-state index is -0.0520. The Bertz CT molecular complexity index is 853. The largest absolute Gasteiger partial charge is 0.497 e. The number of hydrogen-bond donors (Lipinski definition) is 1. The van der Waals surface area contributed by atoms with Gasteiger partial charge in [-0.25, -0.2) is 0 Å². The van der Waals surface area contributed by atoms with Crippen LogP contribution in [0.4, 0.5) is 6.01 Å². The van der Waals surface area contributed by atoms with Gasteiger partial charge in [0.05, 0.1) is 13.0 Å². The van der Waals surface area contributed by atoms with Crippen LogP contribution in [0.3, 0.4) is 0 Å². The van der Waals surface area contributed by atoms with Crippen LogP contribution in [0.2, 0.25) is 0 Å². The number of nitrogens with zero attached hydrogens (tertiary/aromatic N) is 4. The van der Waals surface area contributed by atoms with Crippen molar-refractivity contribution < 1.29 is 14.1 Å². The third-order valence-electron chi connectivity index (χ3n) is 6.47. The van der Waals surface area contributed by atoms with E-state index in [-0.39, 0.29) is 11.8 Å². The lowest BCUT2D eigenvalue weighted by Crippen LogP contribution is -2.46. The second-order valence-electron chi connectivity index (χ2n) is 8.59. The summed E-state index contributed by atoms with van der Waals surface area (Å²) in [6.45, 7) is 6.49. The number of hydrogen-bond acceptors (Lipinski definition) is 7. The smallest absolute Gasteiger partial charge is 0.324 e. The van der Waals surface area contributed by atoms with Gasteiger partial charge in [-0.3, -0.25) is 9.69 Å². The number of rotatable bonds is 7. The fourth-order valence-electron chi connectivity index (χ4n) is 4.52. The van der Waals surface area contributed by atoms with Crippen LogP contribution in [0.25, 0.3) is 11.4 Å². The van der Waals surface area contributed by atoms with Crippen molar-refractivity contribution >= 4 is 11.9 Å². The Labute approximate surface area is 183 Å². The third kappa shape index (κ3) is 5.36. The van der Waals surface area contributed by atoms with E-state index < -0.39 is 0 Å². The van der Waals surface area contributed by atoms with Crippen LogP contribution in [0, 0.1) is 5.92 Å². The molecule has 8 heteroatoms. The molecule has 8 nitrogen and oxygen atoms in total. The van der Waals surface area contributed by atoms with Gasteiger partial charge in [0, 0.05) is 37.8 Å². The molecule has 0 unspecified atom stereocenters. The van der Waals surface area contributed by atoms with Crippen molar-refractivity contribution in [2.24, 2.45) is 5.92 Å². The first-order chi connectivity index (χ1) is 15.1. The number of piperidine rings is 2. The van der Waals surface area contributed by atoms with Gasteiger partial charge in [0.15, 0.2) is 0 Å². The Kier molecular flexibility index (Phi) is 7.06. The molecular weight excluding hydrogens is 394 g/mol. The number of ether oxygens (including phenoxy) is 1. The molecule has 1 aromatic heterocycles. The van der Waals surface area contributed by atoms with Gasteiger partial charge < -0.3 is 19.5 Å². The maximum Gasteiger partial charge on any atom is 0.324 e. The second-order valence-corrected chi connectivity index (χ2v) is 8.59. The quantitative estimate of drug-likeness (QED) is 0.727. The molecule has 31 heavy (non-hydrogen) atoms. The molecule has 0 spiro atoms. The summed E-state index contributed by atoms with van der Waals surface area (Å²) in [5, 5.41) is 7.27. The highest BCUT2D eigenvalue weighted by atomic mass is 16.5. The van der Waals surface area contributed by atoms with Crippen LogP contribution >= 0.6 is 0 Å². The summed E-state index contributed by atoms with van der Waals surface area (Å²) in [6.07, 6.45) is 5.66. The second kappa shape index (κ2) is 10.1. The van der Waals surface area contributed by atoms with Crippen molar-refractivity contribution in [3.8, 4) is 17.1 Å². The van der Waals surface area contributed by atoms with Gasteiger partial charge in [0.2, 0.25) is 11.7 Å². The summed E-state index contributed by atoms with van der Waals surface area (Å²) in [5.74, 6) is 1.40. The van der Waals surface area contributed by atoms with E-state index in [0.29, 0.717) is 31.0 Å². The molecule has 0 radical (unpaired) electrons. The molecule has 1 amide bonds. The van der Waals surface area contributed by atoms with Crippen molar-refractivity contribution in [3.63, 3.8) is 0 Å². The summed E-state index contributed by atoms with van der Waals surface area (Å²) in [7, 11) is 1.64. The van der Waals surface area contributed by atoms with Crippen molar-refractivity contribution in [2.75, 3.05) is 44.7 Å². The van der Waals surface area contributed by atoms with Gasteiger partial charge in [-0.1, -0.05) is 11.6 Å². The molecule has 0 aliphatic carbocycles. The number of amides is 1. The van der Waals surface area contributed by atoms with Crippen molar-refractivity contribution in [1.29, 1.82) is 0 Å². The van der Waals surface area contributed by atoms with Crippen molar-refractivity contribution in [1.82, 2.24) is 20.4 Å². The number of carbonyl (C=O) groups is 1. The van der Waals surface area contributed by atoms with Gasteiger partial charge >= 0.3 is 6.01 Å². The maximum atomic E-state index is 12.8. The van der Waals surface area contributed by atoms with Gasteiger partial charge in [-0.2, -0.15) is 4.98 Å². The highest BCUT2D eigenvalue weighted by Gasteiger charge is 2.29. The zero-order valence-corrected chi connectivity index (χ0v) is 18.5. The Morgan fingerprint density at radius 1 is 1.19 bits per heavy atom. The van der Waals surface area contributed by atoms with Gasteiger partial charge in [-0.15, -0.1) is 0 Å². The Hall–Kier alpha value is -2.61. The number of nitrogens with one attached hydrogen (secondary N) is 1. The topological polar surface area (TPSA) is 83.7 Å². The normalized spacial score (nSPS) is 22.3. The lowest BCUT2D eigenvalue weighted by Gasteiger charge is -2.34. The average molecular weight is 428 g/mol. The fraction of sp³-hybridized carbons (Fsp3) is 0.609. The van der Waals surface area contributed by atoms with E-state index in [0.717, 1.165) is 43.8 Å². The molecule has 2 aliphatic heterocycles. The summed E-state index contributed by atoms with van der Waals surface area (Å²) < 4.78 is 10.7. The van der Waals surface area contributed by atoms with Crippen LogP contribution in [0.1, 0.15) is 39.0 Å². The molecule has 0 saturated carbocycles. The molecule has 2 aliphatic rings. The molecular formula is C23H33N5O3. The molecule has 168 valence electrons. The first kappa shape index (κ1) is 21.6. The van der Waals surface area contributed by atoms with E-state index in [4.69, 9.17) is 9.26 Å². The molecule has 4 rings (SSSR count). The van der Waals surface area contributed by atoms with E-state index in [2.05, 4.69) is 27.3 Å². The first-order valence-electron chi connectivity index (χ1n) is 11.4. The Morgan fingerprint density at radius 2 is 2.03 bits per heavy atom. The molecule has 1 aromatic carbocycles. The predicted molar refractivity (Wildman–Crippen MR) is 119 cm³/mol. The fourth-order valence-corrected chi connectivity index (χ4v) is 4.52. The molecule has 1 N–H and O–H groups in total. The van der Waals surface area contributed by atoms with Gasteiger partial charge in [0.1, 0.15) is 5.75 Å². The number of methoxy groups -OCH3 is 1. The highest BCUT2D eigenvalue weighted by molar-refractivity contribution is 5.79. The Morgan fingerprint density at radius 3 is 2.81 bits per heavy atom. The molecule has 0 bridgehead atoms. The standard InChI is InChI=1S/C23H33N5O3/c1-17-6-3-4-13-27(17)15-12-24-22(29)19-7-5-14-28(16-19)23-25-21(26-31-23)18-8-10-20(30-2)11-9-18/h8-11,17,19H,3-7,12-16H2,1-2H3,(H,24,29)/t17-,19+/m0/s1. The number of aromatic nitrogens is 2. The van der Waals surface area contributed by atoms with E-state index in [9.17, 15) is 4.79 Å². The van der Waals surface area contributed by atoms with Crippen molar-refractivity contribution in [2.45, 2.75) is 45.1 Å². The van der Waals surface area contributed by atoms with Gasteiger partial charge in [0.25, 0.3) is 0 Å². The minimum absolute atomic E-state index is 0.0520. The predicted octanol–water partition coefficient (Wildman–Crippen LogP) is 2.95. The SMILES string of the molecule is COc1ccc(-c2noc(N3CCC[C@@H](C(=O)NCCN4CCCC[C@@H]4C)C3)n2)cc1. The lowest BCUT2D eigenvalue weighted by molar-refractivity contribution is -0.125. The van der Waals surface area contributed by atoms with Crippen LogP contribution < -0.4 is 15.0 Å². The zero-order valence-electron chi connectivity index (χ0n) is 18.5. The van der Waals surface area contributed by atoms with E-state index in [1.165, 1.54) is 19.3 Å². The number of anilines is 1. The number of carbonyl (C=O) groups excluding carboxylic acids is 1.